The summed E-state index contributed by atoms with van der Waals surface area (Å²) in [6.07, 6.45) is 0. The Bertz CT molecular complexity index is 444. The zero-order valence-corrected chi connectivity index (χ0v) is 12.1. The molecule has 0 aliphatic carbocycles. The highest BCUT2D eigenvalue weighted by atomic mass is 16.6. The minimum Gasteiger partial charge on any atom is -0.395 e. The van der Waals surface area contributed by atoms with E-state index in [9.17, 15) is 10.1 Å². The van der Waals surface area contributed by atoms with Gasteiger partial charge in [-0.25, -0.2) is 0 Å². The first kappa shape index (κ1) is 15.7. The zero-order chi connectivity index (χ0) is 15.1. The van der Waals surface area contributed by atoms with Crippen molar-refractivity contribution in [3.05, 3.63) is 34.4 Å². The van der Waals surface area contributed by atoms with Gasteiger partial charge in [-0.15, -0.1) is 0 Å². The van der Waals surface area contributed by atoms with Crippen LogP contribution in [0.3, 0.4) is 0 Å². The first-order chi connectivity index (χ1) is 10.2. The van der Waals surface area contributed by atoms with E-state index in [1.807, 2.05) is 12.1 Å². The van der Waals surface area contributed by atoms with Crippen LogP contribution in [0.4, 0.5) is 11.4 Å². The maximum absolute atomic E-state index is 10.6. The second-order valence-electron chi connectivity index (χ2n) is 5.08. The first-order valence-electron chi connectivity index (χ1n) is 7.24. The molecule has 1 heterocycles. The molecule has 1 saturated heterocycles. The number of hydrogen-bond acceptors (Lipinski definition) is 6. The molecule has 1 aromatic carbocycles. The fraction of sp³-hybridized carbons (Fsp3) is 0.571. The Labute approximate surface area is 124 Å². The molecule has 2 N–H and O–H groups in total. The number of nitro benzene ring substituents is 1. The highest BCUT2D eigenvalue weighted by Gasteiger charge is 2.17. The highest BCUT2D eigenvalue weighted by Crippen LogP contribution is 2.20. The molecular formula is C14H22N4O3. The highest BCUT2D eigenvalue weighted by molar-refractivity contribution is 5.51. The van der Waals surface area contributed by atoms with Gasteiger partial charge in [0.25, 0.3) is 5.69 Å². The maximum Gasteiger partial charge on any atom is 0.269 e. The Morgan fingerprint density at radius 3 is 2.38 bits per heavy atom. The third kappa shape index (κ3) is 4.66. The number of rotatable bonds is 7. The number of nitrogens with zero attached hydrogens (tertiary/aromatic N) is 3. The molecule has 1 aliphatic rings. The van der Waals surface area contributed by atoms with Crippen molar-refractivity contribution in [2.45, 2.75) is 0 Å². The van der Waals surface area contributed by atoms with Crippen LogP contribution in [-0.4, -0.2) is 67.3 Å². The molecule has 7 nitrogen and oxygen atoms in total. The summed E-state index contributed by atoms with van der Waals surface area (Å²) >= 11 is 0. The fourth-order valence-electron chi connectivity index (χ4n) is 2.46. The number of hydrogen-bond donors (Lipinski definition) is 2. The molecule has 0 bridgehead atoms. The van der Waals surface area contributed by atoms with Crippen LogP contribution < -0.4 is 10.2 Å². The van der Waals surface area contributed by atoms with E-state index in [1.54, 1.807) is 12.1 Å². The van der Waals surface area contributed by atoms with Gasteiger partial charge in [-0.3, -0.25) is 15.0 Å². The molecule has 0 saturated carbocycles. The molecule has 0 radical (unpaired) electrons. The van der Waals surface area contributed by atoms with Crippen molar-refractivity contribution in [2.75, 3.05) is 57.3 Å². The predicted molar refractivity (Wildman–Crippen MR) is 81.7 cm³/mol. The van der Waals surface area contributed by atoms with Gasteiger partial charge in [-0.05, 0) is 12.1 Å². The summed E-state index contributed by atoms with van der Waals surface area (Å²) in [5.41, 5.74) is 1.17. The van der Waals surface area contributed by atoms with Crippen molar-refractivity contribution < 1.29 is 10.0 Å². The number of nitro groups is 1. The number of aliphatic hydroxyl groups is 1. The quantitative estimate of drug-likeness (QED) is 0.427. The van der Waals surface area contributed by atoms with E-state index in [4.69, 9.17) is 5.11 Å². The van der Waals surface area contributed by atoms with Crippen molar-refractivity contribution >= 4 is 11.4 Å². The van der Waals surface area contributed by atoms with E-state index in [-0.39, 0.29) is 17.2 Å². The van der Waals surface area contributed by atoms with Gasteiger partial charge in [0.15, 0.2) is 0 Å². The van der Waals surface area contributed by atoms with Crippen LogP contribution in [-0.2, 0) is 0 Å². The smallest absolute Gasteiger partial charge is 0.269 e. The molecular weight excluding hydrogens is 272 g/mol. The molecule has 7 heteroatoms. The van der Waals surface area contributed by atoms with Gasteiger partial charge >= 0.3 is 0 Å². The van der Waals surface area contributed by atoms with Crippen molar-refractivity contribution in [3.8, 4) is 0 Å². The predicted octanol–water partition coefficient (Wildman–Crippen LogP) is 0.299. The van der Waals surface area contributed by atoms with Crippen LogP contribution in [0, 0.1) is 10.1 Å². The van der Waals surface area contributed by atoms with Gasteiger partial charge in [-0.2, -0.15) is 0 Å². The van der Waals surface area contributed by atoms with Gasteiger partial charge in [-0.1, -0.05) is 0 Å². The Morgan fingerprint density at radius 1 is 1.14 bits per heavy atom. The van der Waals surface area contributed by atoms with Gasteiger partial charge < -0.3 is 15.3 Å². The molecule has 0 unspecified atom stereocenters. The van der Waals surface area contributed by atoms with E-state index in [1.165, 1.54) is 0 Å². The lowest BCUT2D eigenvalue weighted by atomic mass is 10.2. The summed E-state index contributed by atoms with van der Waals surface area (Å²) in [6.45, 7) is 6.51. The second kappa shape index (κ2) is 7.92. The summed E-state index contributed by atoms with van der Waals surface area (Å²) < 4.78 is 0. The van der Waals surface area contributed by atoms with Crippen molar-refractivity contribution in [3.63, 3.8) is 0 Å². The van der Waals surface area contributed by atoms with Crippen LogP contribution in [0.15, 0.2) is 24.3 Å². The summed E-state index contributed by atoms with van der Waals surface area (Å²) in [6, 6.07) is 6.74. The Balaban J connectivity index is 1.76. The summed E-state index contributed by atoms with van der Waals surface area (Å²) in [7, 11) is 0. The molecule has 1 fully saturated rings. The van der Waals surface area contributed by atoms with Gasteiger partial charge in [0.1, 0.15) is 0 Å². The number of benzene rings is 1. The molecule has 2 rings (SSSR count). The van der Waals surface area contributed by atoms with Gasteiger partial charge in [0, 0.05) is 63.6 Å². The molecule has 1 aromatic rings. The average Bonchev–Trinajstić information content (AvgIpc) is 2.52. The zero-order valence-electron chi connectivity index (χ0n) is 12.1. The monoisotopic (exact) mass is 294 g/mol. The van der Waals surface area contributed by atoms with E-state index in [0.717, 1.165) is 45.0 Å². The largest absolute Gasteiger partial charge is 0.395 e. The van der Waals surface area contributed by atoms with Crippen LogP contribution in [0.5, 0.6) is 0 Å². The standard InChI is InChI=1S/C14H22N4O3/c19-12-6-15-5-7-16-8-10-17(11-9-16)13-1-3-14(4-2-13)18(20)21/h1-4,15,19H,5-12H2. The van der Waals surface area contributed by atoms with E-state index in [0.29, 0.717) is 6.54 Å². The van der Waals surface area contributed by atoms with Crippen LogP contribution in [0.25, 0.3) is 0 Å². The van der Waals surface area contributed by atoms with E-state index < -0.39 is 0 Å². The van der Waals surface area contributed by atoms with E-state index >= 15 is 0 Å². The Hall–Kier alpha value is -1.70. The van der Waals surface area contributed by atoms with E-state index in [2.05, 4.69) is 15.1 Å². The molecule has 1 aliphatic heterocycles. The average molecular weight is 294 g/mol. The van der Waals surface area contributed by atoms with Crippen molar-refractivity contribution in [2.24, 2.45) is 0 Å². The topological polar surface area (TPSA) is 81.9 Å². The van der Waals surface area contributed by atoms with Crippen LogP contribution >= 0.6 is 0 Å². The van der Waals surface area contributed by atoms with Crippen molar-refractivity contribution in [1.82, 2.24) is 10.2 Å². The molecule has 0 aromatic heterocycles. The molecule has 0 atom stereocenters. The lowest BCUT2D eigenvalue weighted by Crippen LogP contribution is -2.48. The van der Waals surface area contributed by atoms with Crippen molar-refractivity contribution in [1.29, 1.82) is 0 Å². The Morgan fingerprint density at radius 2 is 1.81 bits per heavy atom. The SMILES string of the molecule is O=[N+]([O-])c1ccc(N2CCN(CCNCCO)CC2)cc1. The normalized spacial score (nSPS) is 16.1. The van der Waals surface area contributed by atoms with Crippen LogP contribution in [0.1, 0.15) is 0 Å². The summed E-state index contributed by atoms with van der Waals surface area (Å²) in [5, 5.41) is 22.5. The minimum absolute atomic E-state index is 0.132. The number of non-ortho nitro benzene ring substituents is 1. The molecule has 116 valence electrons. The number of nitrogens with one attached hydrogen (secondary N) is 1. The van der Waals surface area contributed by atoms with Gasteiger partial charge in [0.2, 0.25) is 0 Å². The summed E-state index contributed by atoms with van der Waals surface area (Å²) in [5.74, 6) is 0. The molecule has 0 amide bonds. The maximum atomic E-state index is 10.6. The minimum atomic E-state index is -0.374. The molecule has 21 heavy (non-hydrogen) atoms. The number of anilines is 1. The lowest BCUT2D eigenvalue weighted by molar-refractivity contribution is -0.384. The Kier molecular flexibility index (Phi) is 5.91. The fourth-order valence-corrected chi connectivity index (χ4v) is 2.46. The van der Waals surface area contributed by atoms with Crippen LogP contribution in [0.2, 0.25) is 0 Å². The second-order valence-corrected chi connectivity index (χ2v) is 5.08. The third-order valence-electron chi connectivity index (χ3n) is 3.69. The molecule has 0 spiro atoms. The lowest BCUT2D eigenvalue weighted by Gasteiger charge is -2.36. The number of piperazine rings is 1. The van der Waals surface area contributed by atoms with Gasteiger partial charge in [0.05, 0.1) is 11.5 Å². The number of aliphatic hydroxyl groups excluding tert-OH is 1. The summed E-state index contributed by atoms with van der Waals surface area (Å²) in [4.78, 5) is 14.9. The first-order valence-corrected chi connectivity index (χ1v) is 7.24. The third-order valence-corrected chi connectivity index (χ3v) is 3.69.